The second-order valence-electron chi connectivity index (χ2n) is 12.3. The molecule has 0 radical (unpaired) electrons. The fraction of sp³-hybridized carbons (Fsp3) is 0. The molecule has 0 aliphatic heterocycles. The van der Waals surface area contributed by atoms with Crippen LogP contribution in [0.25, 0.3) is 55.6 Å². The van der Waals surface area contributed by atoms with Gasteiger partial charge in [-0.1, -0.05) is 174 Å². The maximum atomic E-state index is 3.84. The normalized spacial score (nSPS) is 10.9. The molecule has 0 spiro atoms. The van der Waals surface area contributed by atoms with E-state index < -0.39 is 0 Å². The zero-order valence-electron chi connectivity index (χ0n) is 27.5. The summed E-state index contributed by atoms with van der Waals surface area (Å²) < 4.78 is 1.08. The van der Waals surface area contributed by atoms with Crippen LogP contribution in [0.4, 0.5) is 17.1 Å². The summed E-state index contributed by atoms with van der Waals surface area (Å²) in [5.41, 5.74) is 15.2. The molecular weight excluding hydrogens is 670 g/mol. The molecule has 8 aromatic carbocycles. The van der Waals surface area contributed by atoms with Crippen molar-refractivity contribution in [3.8, 4) is 55.6 Å². The summed E-state index contributed by atoms with van der Waals surface area (Å²) in [6.45, 7) is 0. The van der Waals surface area contributed by atoms with Gasteiger partial charge in [0.2, 0.25) is 0 Å². The number of hydrogen-bond acceptors (Lipinski definition) is 1. The highest BCUT2D eigenvalue weighted by Gasteiger charge is 2.17. The lowest BCUT2D eigenvalue weighted by Gasteiger charge is -2.26. The van der Waals surface area contributed by atoms with Crippen molar-refractivity contribution in [1.29, 1.82) is 0 Å². The van der Waals surface area contributed by atoms with E-state index in [1.807, 2.05) is 0 Å². The van der Waals surface area contributed by atoms with E-state index in [9.17, 15) is 0 Å². The van der Waals surface area contributed by atoms with Crippen LogP contribution < -0.4 is 4.90 Å². The maximum absolute atomic E-state index is 3.84. The third-order valence-corrected chi connectivity index (χ3v) is 9.88. The van der Waals surface area contributed by atoms with Gasteiger partial charge in [0.05, 0.1) is 0 Å². The molecule has 8 rings (SSSR count). The Hall–Kier alpha value is -5.96. The summed E-state index contributed by atoms with van der Waals surface area (Å²) in [5, 5.41) is 0. The summed E-state index contributed by atoms with van der Waals surface area (Å²) in [7, 11) is 0. The summed E-state index contributed by atoms with van der Waals surface area (Å²) in [5.74, 6) is 0. The lowest BCUT2D eigenvalue weighted by Crippen LogP contribution is -2.09. The molecule has 0 N–H and O–H groups in total. The third-order valence-electron chi connectivity index (χ3n) is 9.19. The number of anilines is 3. The van der Waals surface area contributed by atoms with Crippen molar-refractivity contribution < 1.29 is 0 Å². The molecule has 0 fully saturated rings. The van der Waals surface area contributed by atoms with Gasteiger partial charge in [0, 0.05) is 21.5 Å². The Morgan fingerprint density at radius 1 is 0.260 bits per heavy atom. The molecule has 0 heterocycles. The first-order valence-corrected chi connectivity index (χ1v) is 17.7. The zero-order valence-corrected chi connectivity index (χ0v) is 29.0. The Morgan fingerprint density at radius 3 is 1.26 bits per heavy atom. The van der Waals surface area contributed by atoms with Gasteiger partial charge in [-0.15, -0.1) is 0 Å². The molecule has 0 saturated carbocycles. The Kier molecular flexibility index (Phi) is 8.93. The summed E-state index contributed by atoms with van der Waals surface area (Å²) >= 11 is 3.84. The maximum Gasteiger partial charge on any atom is 0.0462 e. The van der Waals surface area contributed by atoms with Gasteiger partial charge >= 0.3 is 0 Å². The second kappa shape index (κ2) is 14.3. The fourth-order valence-electron chi connectivity index (χ4n) is 6.71. The Balaban J connectivity index is 1.21. The molecule has 0 unspecified atom stereocenters. The highest BCUT2D eigenvalue weighted by Crippen LogP contribution is 2.43. The summed E-state index contributed by atoms with van der Waals surface area (Å²) in [6.07, 6.45) is 0. The average Bonchev–Trinajstić information content (AvgIpc) is 3.20. The molecule has 0 saturated heterocycles. The van der Waals surface area contributed by atoms with Gasteiger partial charge in [0.25, 0.3) is 0 Å². The number of rotatable bonds is 8. The first-order chi connectivity index (χ1) is 24.7. The van der Waals surface area contributed by atoms with Crippen LogP contribution in [0.2, 0.25) is 0 Å². The van der Waals surface area contributed by atoms with Gasteiger partial charge in [-0.2, -0.15) is 0 Å². The quantitative estimate of drug-likeness (QED) is 0.152. The highest BCUT2D eigenvalue weighted by atomic mass is 79.9. The van der Waals surface area contributed by atoms with E-state index in [2.05, 4.69) is 227 Å². The number of benzene rings is 8. The van der Waals surface area contributed by atoms with Crippen molar-refractivity contribution in [2.75, 3.05) is 4.90 Å². The first-order valence-electron chi connectivity index (χ1n) is 16.9. The molecule has 0 aromatic heterocycles. The predicted molar refractivity (Wildman–Crippen MR) is 216 cm³/mol. The Morgan fingerprint density at radius 2 is 0.660 bits per heavy atom. The molecule has 0 bridgehead atoms. The topological polar surface area (TPSA) is 3.24 Å². The minimum Gasteiger partial charge on any atom is -0.311 e. The SMILES string of the molecule is Brc1ccccc1-c1ccc(-c2ccccc2)cc1-c1ccccc1-c1ccc(N(c2ccccc2)c2ccc(-c3ccccc3)cc2)cc1. The van der Waals surface area contributed by atoms with E-state index in [1.54, 1.807) is 0 Å². The molecule has 0 atom stereocenters. The monoisotopic (exact) mass is 703 g/mol. The molecule has 8 aromatic rings. The Labute approximate surface area is 302 Å². The smallest absolute Gasteiger partial charge is 0.0462 e. The van der Waals surface area contributed by atoms with Gasteiger partial charge in [-0.25, -0.2) is 0 Å². The Bertz CT molecular complexity index is 2350. The van der Waals surface area contributed by atoms with Crippen LogP contribution in [-0.4, -0.2) is 0 Å². The predicted octanol–water partition coefficient (Wildman–Crippen LogP) is 14.3. The van der Waals surface area contributed by atoms with E-state index in [-0.39, 0.29) is 0 Å². The van der Waals surface area contributed by atoms with Crippen molar-refractivity contribution in [3.63, 3.8) is 0 Å². The van der Waals surface area contributed by atoms with Crippen LogP contribution >= 0.6 is 15.9 Å². The van der Waals surface area contributed by atoms with Gasteiger partial charge in [0.1, 0.15) is 0 Å². The van der Waals surface area contributed by atoms with Gasteiger partial charge in [-0.05, 0) is 104 Å². The summed E-state index contributed by atoms with van der Waals surface area (Å²) in [4.78, 5) is 2.32. The van der Waals surface area contributed by atoms with Crippen LogP contribution in [0.15, 0.2) is 211 Å². The average molecular weight is 705 g/mol. The number of halogens is 1. The van der Waals surface area contributed by atoms with E-state index in [0.29, 0.717) is 0 Å². The van der Waals surface area contributed by atoms with Crippen LogP contribution in [0.1, 0.15) is 0 Å². The molecular formula is C48H34BrN. The van der Waals surface area contributed by atoms with Crippen molar-refractivity contribution >= 4 is 33.0 Å². The standard InChI is InChI=1S/C48H34BrN/c49-48-23-13-12-22-46(48)45-33-28-39(36-16-6-2-7-17-36)34-47(45)44-21-11-10-20-43(44)38-26-31-42(32-27-38)50(40-18-8-3-9-19-40)41-29-24-37(25-30-41)35-14-4-1-5-15-35/h1-34H. The van der Waals surface area contributed by atoms with Crippen molar-refractivity contribution in [1.82, 2.24) is 0 Å². The van der Waals surface area contributed by atoms with Crippen molar-refractivity contribution in [3.05, 3.63) is 211 Å². The van der Waals surface area contributed by atoms with Crippen molar-refractivity contribution in [2.45, 2.75) is 0 Å². The second-order valence-corrected chi connectivity index (χ2v) is 13.1. The van der Waals surface area contributed by atoms with E-state index in [4.69, 9.17) is 0 Å². The molecule has 238 valence electrons. The lowest BCUT2D eigenvalue weighted by atomic mass is 9.87. The molecule has 0 amide bonds. The largest absolute Gasteiger partial charge is 0.311 e. The third kappa shape index (κ3) is 6.42. The summed E-state index contributed by atoms with van der Waals surface area (Å²) in [6, 6.07) is 73.6. The minimum atomic E-state index is 1.08. The van der Waals surface area contributed by atoms with Gasteiger partial charge in [-0.3, -0.25) is 0 Å². The molecule has 0 aliphatic carbocycles. The van der Waals surface area contributed by atoms with Crippen LogP contribution in [0.5, 0.6) is 0 Å². The fourth-order valence-corrected chi connectivity index (χ4v) is 7.21. The molecule has 2 heteroatoms. The van der Waals surface area contributed by atoms with E-state index in [0.717, 1.165) is 21.5 Å². The van der Waals surface area contributed by atoms with Gasteiger partial charge in [0.15, 0.2) is 0 Å². The highest BCUT2D eigenvalue weighted by molar-refractivity contribution is 9.10. The zero-order chi connectivity index (χ0) is 33.7. The number of nitrogens with zero attached hydrogens (tertiary/aromatic N) is 1. The first kappa shape index (κ1) is 31.3. The number of para-hydroxylation sites is 1. The molecule has 1 nitrogen and oxygen atoms in total. The van der Waals surface area contributed by atoms with E-state index in [1.165, 1.54) is 55.6 Å². The van der Waals surface area contributed by atoms with Crippen LogP contribution in [-0.2, 0) is 0 Å². The van der Waals surface area contributed by atoms with Crippen molar-refractivity contribution in [2.24, 2.45) is 0 Å². The van der Waals surface area contributed by atoms with Gasteiger partial charge < -0.3 is 4.90 Å². The van der Waals surface area contributed by atoms with Crippen LogP contribution in [0.3, 0.4) is 0 Å². The molecule has 50 heavy (non-hydrogen) atoms. The lowest BCUT2D eigenvalue weighted by molar-refractivity contribution is 1.28. The molecule has 0 aliphatic rings. The van der Waals surface area contributed by atoms with E-state index >= 15 is 0 Å². The minimum absolute atomic E-state index is 1.08. The van der Waals surface area contributed by atoms with Crippen LogP contribution in [0, 0.1) is 0 Å². The number of hydrogen-bond donors (Lipinski definition) is 0.